The highest BCUT2D eigenvalue weighted by atomic mass is 16.5. The Bertz CT molecular complexity index is 1170. The summed E-state index contributed by atoms with van der Waals surface area (Å²) in [7, 11) is 1.58. The second-order valence-corrected chi connectivity index (χ2v) is 11.5. The van der Waals surface area contributed by atoms with Gasteiger partial charge in [-0.2, -0.15) is 0 Å². The lowest BCUT2D eigenvalue weighted by Crippen LogP contribution is -2.26. The maximum Gasteiger partial charge on any atom is 0.316 e. The molecule has 0 spiro atoms. The van der Waals surface area contributed by atoms with Gasteiger partial charge in [0.15, 0.2) is 5.78 Å². The summed E-state index contributed by atoms with van der Waals surface area (Å²) >= 11 is 0. The van der Waals surface area contributed by atoms with E-state index in [9.17, 15) is 14.4 Å². The highest BCUT2D eigenvalue weighted by Gasteiger charge is 2.28. The molecule has 0 atom stereocenters. The Hall–Kier alpha value is -3.41. The largest absolute Gasteiger partial charge is 0.496 e. The van der Waals surface area contributed by atoms with E-state index in [2.05, 4.69) is 13.8 Å². The van der Waals surface area contributed by atoms with Crippen molar-refractivity contribution in [3.8, 4) is 17.2 Å². The van der Waals surface area contributed by atoms with E-state index in [1.54, 1.807) is 79.0 Å². The summed E-state index contributed by atoms with van der Waals surface area (Å²) in [5.41, 5.74) is 1.59. The summed E-state index contributed by atoms with van der Waals surface area (Å²) in [4.78, 5) is 38.1. The van der Waals surface area contributed by atoms with Gasteiger partial charge in [0.1, 0.15) is 17.2 Å². The van der Waals surface area contributed by atoms with Crippen LogP contribution in [0, 0.1) is 10.8 Å². The lowest BCUT2D eigenvalue weighted by molar-refractivity contribution is -0.143. The molecule has 0 aromatic heterocycles. The number of hydrogen-bond acceptors (Lipinski definition) is 6. The zero-order valence-corrected chi connectivity index (χ0v) is 24.3. The van der Waals surface area contributed by atoms with Crippen molar-refractivity contribution in [2.24, 2.45) is 10.8 Å². The van der Waals surface area contributed by atoms with Gasteiger partial charge in [0, 0.05) is 5.56 Å². The Morgan fingerprint density at radius 2 is 1.26 bits per heavy atom. The zero-order valence-electron chi connectivity index (χ0n) is 24.3. The number of carbonyl (C=O) groups excluding carboxylic acids is 3. The van der Waals surface area contributed by atoms with Gasteiger partial charge in [-0.1, -0.05) is 26.7 Å². The predicted molar refractivity (Wildman–Crippen MR) is 151 cm³/mol. The minimum atomic E-state index is -0.701. The molecule has 2 aromatic carbocycles. The van der Waals surface area contributed by atoms with Crippen LogP contribution in [0.2, 0.25) is 0 Å². The fourth-order valence-electron chi connectivity index (χ4n) is 3.66. The highest BCUT2D eigenvalue weighted by Crippen LogP contribution is 2.39. The predicted octanol–water partition coefficient (Wildman–Crippen LogP) is 7.40. The molecule has 0 fully saturated rings. The van der Waals surface area contributed by atoms with Crippen LogP contribution in [-0.2, 0) is 22.4 Å². The Balaban J connectivity index is 2.51. The van der Waals surface area contributed by atoms with E-state index < -0.39 is 10.8 Å². The number of rotatable bonds is 10. The maximum absolute atomic E-state index is 13.1. The molecule has 0 amide bonds. The Morgan fingerprint density at radius 1 is 0.763 bits per heavy atom. The number of hydrogen-bond donors (Lipinski definition) is 0. The fraction of sp³-hybridized carbons (Fsp3) is 0.469. The average molecular weight is 523 g/mol. The summed E-state index contributed by atoms with van der Waals surface area (Å²) in [5.74, 6) is 0.442. The van der Waals surface area contributed by atoms with Crippen LogP contribution in [0.25, 0.3) is 6.08 Å². The molecular formula is C32H42O6. The first kappa shape index (κ1) is 30.8. The van der Waals surface area contributed by atoms with E-state index in [0.717, 1.165) is 36.8 Å². The second kappa shape index (κ2) is 12.9. The number of carbonyl (C=O) groups is 3. The molecular weight excluding hydrogens is 480 g/mol. The number of ketones is 1. The van der Waals surface area contributed by atoms with Crippen LogP contribution in [0.4, 0.5) is 0 Å². The van der Waals surface area contributed by atoms with Gasteiger partial charge in [0.05, 0.1) is 23.5 Å². The van der Waals surface area contributed by atoms with Gasteiger partial charge in [-0.15, -0.1) is 0 Å². The van der Waals surface area contributed by atoms with E-state index in [4.69, 9.17) is 14.2 Å². The quantitative estimate of drug-likeness (QED) is 0.140. The molecule has 0 heterocycles. The Kier molecular flexibility index (Phi) is 10.5. The van der Waals surface area contributed by atoms with Gasteiger partial charge in [0.2, 0.25) is 0 Å². The van der Waals surface area contributed by atoms with Crippen LogP contribution in [0.3, 0.4) is 0 Å². The van der Waals surface area contributed by atoms with E-state index in [1.165, 1.54) is 6.08 Å². The van der Waals surface area contributed by atoms with E-state index >= 15 is 0 Å². The fourth-order valence-corrected chi connectivity index (χ4v) is 3.66. The van der Waals surface area contributed by atoms with Crippen LogP contribution in [0.1, 0.15) is 95.3 Å². The molecule has 0 N–H and O–H groups in total. The van der Waals surface area contributed by atoms with Gasteiger partial charge in [-0.3, -0.25) is 14.4 Å². The zero-order chi connectivity index (χ0) is 28.7. The summed E-state index contributed by atoms with van der Waals surface area (Å²) in [6.07, 6.45) is 6.41. The number of allylic oxidation sites excluding steroid dienone is 1. The van der Waals surface area contributed by atoms with Crippen LogP contribution in [-0.4, -0.2) is 24.8 Å². The molecule has 0 aliphatic carbocycles. The molecule has 0 saturated heterocycles. The standard InChI is InChI=1S/C32H42O6/c1-10-12-22-20-23(13-11-2)28(38-30(35)32(6,7)8)25(27(22)36-9)18-19-26(33)21-14-16-24(17-15-21)37-29(34)31(3,4)5/h14-20H,10-13H2,1-9H3/b19-18+. The molecule has 0 saturated carbocycles. The minimum absolute atomic E-state index is 0.244. The Labute approximate surface area is 227 Å². The molecule has 2 rings (SSSR count). The molecule has 0 bridgehead atoms. The lowest BCUT2D eigenvalue weighted by Gasteiger charge is -2.22. The van der Waals surface area contributed by atoms with Gasteiger partial charge in [-0.05, 0) is 108 Å². The number of benzene rings is 2. The number of methoxy groups -OCH3 is 1. The lowest BCUT2D eigenvalue weighted by atomic mass is 9.94. The molecule has 38 heavy (non-hydrogen) atoms. The van der Waals surface area contributed by atoms with Crippen molar-refractivity contribution in [2.75, 3.05) is 7.11 Å². The summed E-state index contributed by atoms with van der Waals surface area (Å²) < 4.78 is 17.1. The van der Waals surface area contributed by atoms with E-state index in [-0.39, 0.29) is 17.7 Å². The third kappa shape index (κ3) is 8.04. The van der Waals surface area contributed by atoms with Crippen LogP contribution < -0.4 is 14.2 Å². The second-order valence-electron chi connectivity index (χ2n) is 11.5. The van der Waals surface area contributed by atoms with Crippen LogP contribution in [0.15, 0.2) is 36.4 Å². The normalized spacial score (nSPS) is 11.9. The third-order valence-corrected chi connectivity index (χ3v) is 5.83. The molecule has 0 aliphatic rings. The number of aryl methyl sites for hydroxylation is 2. The summed E-state index contributed by atoms with van der Waals surface area (Å²) in [5, 5.41) is 0. The van der Waals surface area contributed by atoms with Crippen molar-refractivity contribution in [2.45, 2.75) is 81.1 Å². The molecule has 2 aromatic rings. The van der Waals surface area contributed by atoms with Crippen molar-refractivity contribution < 1.29 is 28.6 Å². The maximum atomic E-state index is 13.1. The monoisotopic (exact) mass is 522 g/mol. The first-order valence-electron chi connectivity index (χ1n) is 13.2. The van der Waals surface area contributed by atoms with Gasteiger partial charge < -0.3 is 14.2 Å². The van der Waals surface area contributed by atoms with Crippen LogP contribution >= 0.6 is 0 Å². The SMILES string of the molecule is CCCc1cc(CCC)c(OC(=O)C(C)(C)C)c(/C=C/C(=O)c2ccc(OC(=O)C(C)(C)C)cc2)c1OC. The molecule has 0 radical (unpaired) electrons. The molecule has 0 aliphatic heterocycles. The van der Waals surface area contributed by atoms with Crippen molar-refractivity contribution in [1.82, 2.24) is 0 Å². The first-order valence-corrected chi connectivity index (χ1v) is 13.2. The Morgan fingerprint density at radius 3 is 1.74 bits per heavy atom. The van der Waals surface area contributed by atoms with Crippen molar-refractivity contribution in [3.05, 3.63) is 58.7 Å². The molecule has 0 unspecified atom stereocenters. The minimum Gasteiger partial charge on any atom is -0.496 e. The van der Waals surface area contributed by atoms with Gasteiger partial charge in [0.25, 0.3) is 0 Å². The third-order valence-electron chi connectivity index (χ3n) is 5.83. The van der Waals surface area contributed by atoms with Crippen molar-refractivity contribution in [1.29, 1.82) is 0 Å². The highest BCUT2D eigenvalue weighted by molar-refractivity contribution is 6.07. The van der Waals surface area contributed by atoms with E-state index in [0.29, 0.717) is 28.4 Å². The summed E-state index contributed by atoms with van der Waals surface area (Å²) in [6, 6.07) is 8.48. The smallest absolute Gasteiger partial charge is 0.316 e. The van der Waals surface area contributed by atoms with Crippen molar-refractivity contribution in [3.63, 3.8) is 0 Å². The molecule has 206 valence electrons. The molecule has 6 heteroatoms. The van der Waals surface area contributed by atoms with Crippen LogP contribution in [0.5, 0.6) is 17.2 Å². The molecule has 6 nitrogen and oxygen atoms in total. The number of esters is 2. The van der Waals surface area contributed by atoms with Crippen molar-refractivity contribution >= 4 is 23.8 Å². The first-order chi connectivity index (χ1) is 17.7. The van der Waals surface area contributed by atoms with Gasteiger partial charge >= 0.3 is 11.9 Å². The topological polar surface area (TPSA) is 78.9 Å². The van der Waals surface area contributed by atoms with E-state index in [1.807, 2.05) is 6.07 Å². The average Bonchev–Trinajstić information content (AvgIpc) is 2.83. The number of ether oxygens (including phenoxy) is 3. The van der Waals surface area contributed by atoms with Gasteiger partial charge in [-0.25, -0.2) is 0 Å². The summed E-state index contributed by atoms with van der Waals surface area (Å²) in [6.45, 7) is 14.9.